The van der Waals surface area contributed by atoms with Gasteiger partial charge < -0.3 is 4.40 Å². The lowest BCUT2D eigenvalue weighted by Gasteiger charge is -2.25. The summed E-state index contributed by atoms with van der Waals surface area (Å²) < 4.78 is 2.20. The number of allylic oxidation sites excluding steroid dienone is 4. The van der Waals surface area contributed by atoms with Crippen molar-refractivity contribution in [3.05, 3.63) is 95.8 Å². The van der Waals surface area contributed by atoms with Crippen LogP contribution in [0.2, 0.25) is 0 Å². The van der Waals surface area contributed by atoms with Crippen molar-refractivity contribution in [2.24, 2.45) is 0 Å². The Kier molecular flexibility index (Phi) is 3.19. The van der Waals surface area contributed by atoms with Crippen molar-refractivity contribution in [3.63, 3.8) is 0 Å². The number of aryl methyl sites for hydroxylation is 1. The zero-order chi connectivity index (χ0) is 17.8. The summed E-state index contributed by atoms with van der Waals surface area (Å²) in [5.74, 6) is 0. The third-order valence-corrected chi connectivity index (χ3v) is 6.26. The molecule has 0 N–H and O–H groups in total. The van der Waals surface area contributed by atoms with Crippen LogP contribution in [0.4, 0.5) is 0 Å². The van der Waals surface area contributed by atoms with Crippen LogP contribution < -0.4 is 0 Å². The molecule has 1 nitrogen and oxygen atoms in total. The molecule has 4 aromatic rings. The van der Waals surface area contributed by atoms with Crippen LogP contribution in [-0.2, 0) is 6.42 Å². The Morgan fingerprint density at radius 3 is 2.74 bits per heavy atom. The molecular weight excluding hydrogens is 326 g/mol. The van der Waals surface area contributed by atoms with Gasteiger partial charge in [0.1, 0.15) is 0 Å². The van der Waals surface area contributed by atoms with Gasteiger partial charge in [-0.15, -0.1) is 0 Å². The fraction of sp³-hybridized carbons (Fsp3) is 0.154. The molecule has 0 saturated heterocycles. The van der Waals surface area contributed by atoms with Crippen LogP contribution in [0.3, 0.4) is 0 Å². The highest BCUT2D eigenvalue weighted by Crippen LogP contribution is 2.41. The fourth-order valence-electron chi connectivity index (χ4n) is 4.90. The van der Waals surface area contributed by atoms with Gasteiger partial charge in [-0.2, -0.15) is 0 Å². The van der Waals surface area contributed by atoms with Gasteiger partial charge in [0, 0.05) is 18.0 Å². The molecule has 1 heteroatoms. The first-order valence-corrected chi connectivity index (χ1v) is 9.89. The lowest BCUT2D eigenvalue weighted by atomic mass is 9.79. The molecule has 0 atom stereocenters. The normalized spacial score (nSPS) is 16.0. The Bertz CT molecular complexity index is 1270. The van der Waals surface area contributed by atoms with E-state index in [-0.39, 0.29) is 0 Å². The number of fused-ring (bicyclic) bond motifs is 5. The van der Waals surface area contributed by atoms with Crippen LogP contribution in [0.1, 0.15) is 30.4 Å². The smallest absolute Gasteiger partial charge is 0.0528 e. The molecule has 2 heterocycles. The number of hydrogen-bond acceptors (Lipinski definition) is 0. The highest BCUT2D eigenvalue weighted by atomic mass is 14.8. The maximum atomic E-state index is 2.41. The second kappa shape index (κ2) is 5.72. The molecule has 130 valence electrons. The van der Waals surface area contributed by atoms with Crippen LogP contribution in [0.15, 0.2) is 84.7 Å². The van der Waals surface area contributed by atoms with E-state index >= 15 is 0 Å². The highest BCUT2D eigenvalue weighted by Gasteiger charge is 2.20. The van der Waals surface area contributed by atoms with E-state index in [9.17, 15) is 0 Å². The number of benzene rings is 2. The summed E-state index contributed by atoms with van der Waals surface area (Å²) in [6.07, 6.45) is 13.8. The Balaban J connectivity index is 1.58. The first-order chi connectivity index (χ1) is 13.4. The van der Waals surface area contributed by atoms with Crippen molar-refractivity contribution < 1.29 is 0 Å². The average molecular weight is 347 g/mol. The van der Waals surface area contributed by atoms with E-state index < -0.39 is 0 Å². The average Bonchev–Trinajstić information content (AvgIpc) is 3.17. The molecule has 0 fully saturated rings. The molecular formula is C26H21N. The van der Waals surface area contributed by atoms with Crippen molar-refractivity contribution in [1.82, 2.24) is 4.40 Å². The fourth-order valence-corrected chi connectivity index (χ4v) is 4.90. The van der Waals surface area contributed by atoms with E-state index in [1.165, 1.54) is 69.8 Å². The zero-order valence-electron chi connectivity index (χ0n) is 15.3. The number of aromatic nitrogens is 1. The monoisotopic (exact) mass is 347 g/mol. The SMILES string of the molecule is C1=CC2=C(CC1)CCc1c2ccc2ccc(-c3ccn4ccccc34)cc12. The van der Waals surface area contributed by atoms with Gasteiger partial charge in [0.25, 0.3) is 0 Å². The number of pyridine rings is 1. The topological polar surface area (TPSA) is 4.41 Å². The van der Waals surface area contributed by atoms with Crippen LogP contribution in [0, 0.1) is 0 Å². The van der Waals surface area contributed by atoms with Gasteiger partial charge in [0.2, 0.25) is 0 Å². The van der Waals surface area contributed by atoms with Gasteiger partial charge in [0.05, 0.1) is 5.52 Å². The van der Waals surface area contributed by atoms with E-state index in [2.05, 4.69) is 83.5 Å². The third kappa shape index (κ3) is 2.24. The van der Waals surface area contributed by atoms with Gasteiger partial charge in [-0.05, 0) is 83.0 Å². The maximum absolute atomic E-state index is 2.41. The number of hydrogen-bond donors (Lipinski definition) is 0. The summed E-state index contributed by atoms with van der Waals surface area (Å²) in [6.45, 7) is 0. The van der Waals surface area contributed by atoms with Gasteiger partial charge >= 0.3 is 0 Å². The molecule has 2 aliphatic rings. The largest absolute Gasteiger partial charge is 0.323 e. The summed E-state index contributed by atoms with van der Waals surface area (Å²) in [4.78, 5) is 0. The Labute approximate surface area is 159 Å². The van der Waals surface area contributed by atoms with E-state index in [0.717, 1.165) is 0 Å². The summed E-state index contributed by atoms with van der Waals surface area (Å²) in [7, 11) is 0. The molecule has 0 saturated carbocycles. The zero-order valence-corrected chi connectivity index (χ0v) is 15.3. The molecule has 0 radical (unpaired) electrons. The summed E-state index contributed by atoms with van der Waals surface area (Å²) >= 11 is 0. The summed E-state index contributed by atoms with van der Waals surface area (Å²) in [6, 6.07) is 20.2. The molecule has 27 heavy (non-hydrogen) atoms. The van der Waals surface area contributed by atoms with E-state index in [1.54, 1.807) is 5.57 Å². The Morgan fingerprint density at radius 1 is 0.778 bits per heavy atom. The molecule has 0 spiro atoms. The molecule has 6 rings (SSSR count). The first-order valence-electron chi connectivity index (χ1n) is 9.89. The van der Waals surface area contributed by atoms with Gasteiger partial charge in [-0.3, -0.25) is 0 Å². The molecule has 2 aliphatic carbocycles. The lowest BCUT2D eigenvalue weighted by Crippen LogP contribution is -2.07. The van der Waals surface area contributed by atoms with Crippen LogP contribution in [-0.4, -0.2) is 4.40 Å². The van der Waals surface area contributed by atoms with Gasteiger partial charge in [-0.25, -0.2) is 0 Å². The summed E-state index contributed by atoms with van der Waals surface area (Å²) in [5, 5.41) is 2.77. The third-order valence-electron chi connectivity index (χ3n) is 6.26. The molecule has 0 amide bonds. The second-order valence-corrected chi connectivity index (χ2v) is 7.71. The number of rotatable bonds is 1. The van der Waals surface area contributed by atoms with Gasteiger partial charge in [-0.1, -0.05) is 48.1 Å². The van der Waals surface area contributed by atoms with Crippen molar-refractivity contribution >= 4 is 21.9 Å². The molecule has 2 aromatic carbocycles. The van der Waals surface area contributed by atoms with Crippen molar-refractivity contribution in [2.75, 3.05) is 0 Å². The van der Waals surface area contributed by atoms with Crippen LogP contribution >= 0.6 is 0 Å². The highest BCUT2D eigenvalue weighted by molar-refractivity contribution is 5.97. The lowest BCUT2D eigenvalue weighted by molar-refractivity contribution is 0.831. The second-order valence-electron chi connectivity index (χ2n) is 7.71. The minimum Gasteiger partial charge on any atom is -0.323 e. The molecule has 0 bridgehead atoms. The van der Waals surface area contributed by atoms with Gasteiger partial charge in [0.15, 0.2) is 0 Å². The molecule has 0 aliphatic heterocycles. The van der Waals surface area contributed by atoms with Crippen LogP contribution in [0.25, 0.3) is 33.0 Å². The van der Waals surface area contributed by atoms with Crippen LogP contribution in [0.5, 0.6) is 0 Å². The minimum absolute atomic E-state index is 1.17. The van der Waals surface area contributed by atoms with Crippen molar-refractivity contribution in [3.8, 4) is 11.1 Å². The minimum atomic E-state index is 1.17. The van der Waals surface area contributed by atoms with E-state index in [1.807, 2.05) is 0 Å². The Hall–Kier alpha value is -3.06. The Morgan fingerprint density at radius 2 is 1.74 bits per heavy atom. The van der Waals surface area contributed by atoms with Crippen molar-refractivity contribution in [2.45, 2.75) is 25.7 Å². The quantitative estimate of drug-likeness (QED) is 0.356. The number of nitrogens with zero attached hydrogens (tertiary/aromatic N) is 1. The van der Waals surface area contributed by atoms with E-state index in [0.29, 0.717) is 0 Å². The summed E-state index contributed by atoms with van der Waals surface area (Å²) in [5.41, 5.74) is 10.0. The van der Waals surface area contributed by atoms with E-state index in [4.69, 9.17) is 0 Å². The standard InChI is InChI=1S/C26H21N/c1-2-6-21-18(5-1)10-13-24-23(21)12-11-19-8-9-20(17-25(19)24)22-14-16-27-15-4-3-7-26(22)27/h2-4,6-9,11-12,14-17H,1,5,10,13H2. The molecule has 0 unspecified atom stereocenters. The first kappa shape index (κ1) is 15.0. The maximum Gasteiger partial charge on any atom is 0.0528 e. The molecule has 2 aromatic heterocycles. The predicted molar refractivity (Wildman–Crippen MR) is 114 cm³/mol. The van der Waals surface area contributed by atoms with Crippen molar-refractivity contribution in [1.29, 1.82) is 0 Å². The predicted octanol–water partition coefficient (Wildman–Crippen LogP) is 6.81.